The summed E-state index contributed by atoms with van der Waals surface area (Å²) in [7, 11) is 0. The minimum absolute atomic E-state index is 0.132. The molecule has 0 aliphatic heterocycles. The van der Waals surface area contributed by atoms with E-state index in [9.17, 15) is 4.79 Å². The molecule has 2 aromatic carbocycles. The molecule has 0 saturated carbocycles. The van der Waals surface area contributed by atoms with Crippen LogP contribution < -0.4 is 20.1 Å². The van der Waals surface area contributed by atoms with E-state index in [1.165, 1.54) is 0 Å². The van der Waals surface area contributed by atoms with Gasteiger partial charge < -0.3 is 20.1 Å². The van der Waals surface area contributed by atoms with Gasteiger partial charge in [-0.25, -0.2) is 0 Å². The van der Waals surface area contributed by atoms with Gasteiger partial charge in [-0.1, -0.05) is 25.6 Å². The standard InChI is InChI=1S/C20H24N2O3/c1-3-12-24-18-10-8-16(9-11-18)21-15-20(23)22-17-6-5-7-19(14-17)25-13-4-2/h4-11,14,21H,2-3,12-13,15H2,1H3,(H,22,23). The van der Waals surface area contributed by atoms with Crippen LogP contribution in [0, 0.1) is 0 Å². The van der Waals surface area contributed by atoms with E-state index in [0.29, 0.717) is 24.7 Å². The maximum Gasteiger partial charge on any atom is 0.243 e. The molecule has 2 aromatic rings. The quantitative estimate of drug-likeness (QED) is 0.640. The maximum atomic E-state index is 12.1. The summed E-state index contributed by atoms with van der Waals surface area (Å²) in [4.78, 5) is 12.1. The summed E-state index contributed by atoms with van der Waals surface area (Å²) in [6.07, 6.45) is 2.65. The van der Waals surface area contributed by atoms with E-state index >= 15 is 0 Å². The Kier molecular flexibility index (Phi) is 7.38. The van der Waals surface area contributed by atoms with Crippen molar-refractivity contribution in [1.29, 1.82) is 0 Å². The Balaban J connectivity index is 1.81. The van der Waals surface area contributed by atoms with Crippen molar-refractivity contribution in [1.82, 2.24) is 0 Å². The first-order valence-corrected chi connectivity index (χ1v) is 8.31. The highest BCUT2D eigenvalue weighted by molar-refractivity contribution is 5.93. The molecule has 2 N–H and O–H groups in total. The first kappa shape index (κ1) is 18.4. The van der Waals surface area contributed by atoms with Gasteiger partial charge in [0.1, 0.15) is 18.1 Å². The molecule has 25 heavy (non-hydrogen) atoms. The predicted molar refractivity (Wildman–Crippen MR) is 101 cm³/mol. The molecule has 0 radical (unpaired) electrons. The number of rotatable bonds is 10. The molecule has 5 nitrogen and oxygen atoms in total. The van der Waals surface area contributed by atoms with Crippen LogP contribution in [-0.2, 0) is 4.79 Å². The van der Waals surface area contributed by atoms with Crippen LogP contribution in [0.3, 0.4) is 0 Å². The molecule has 0 spiro atoms. The third-order valence-electron chi connectivity index (χ3n) is 3.27. The normalized spacial score (nSPS) is 9.96. The Morgan fingerprint density at radius 1 is 1.08 bits per heavy atom. The lowest BCUT2D eigenvalue weighted by atomic mass is 10.3. The van der Waals surface area contributed by atoms with E-state index in [0.717, 1.165) is 17.9 Å². The van der Waals surface area contributed by atoms with Crippen LogP contribution in [0.25, 0.3) is 0 Å². The highest BCUT2D eigenvalue weighted by atomic mass is 16.5. The van der Waals surface area contributed by atoms with Gasteiger partial charge in [-0.2, -0.15) is 0 Å². The second kappa shape index (κ2) is 10.0. The molecule has 2 rings (SSSR count). The topological polar surface area (TPSA) is 59.6 Å². The molecule has 0 saturated heterocycles. The lowest BCUT2D eigenvalue weighted by molar-refractivity contribution is -0.114. The highest BCUT2D eigenvalue weighted by Crippen LogP contribution is 2.18. The number of carbonyl (C=O) groups is 1. The van der Waals surface area contributed by atoms with Gasteiger partial charge in [0, 0.05) is 17.4 Å². The molecule has 0 aliphatic carbocycles. The zero-order chi connectivity index (χ0) is 17.9. The van der Waals surface area contributed by atoms with E-state index in [4.69, 9.17) is 9.47 Å². The molecule has 0 heterocycles. The average molecular weight is 340 g/mol. The molecule has 0 aromatic heterocycles. The van der Waals surface area contributed by atoms with Crippen LogP contribution in [0.2, 0.25) is 0 Å². The lowest BCUT2D eigenvalue weighted by Crippen LogP contribution is -2.21. The predicted octanol–water partition coefficient (Wildman–Crippen LogP) is 4.09. The van der Waals surface area contributed by atoms with Crippen molar-refractivity contribution in [3.8, 4) is 11.5 Å². The number of nitrogens with one attached hydrogen (secondary N) is 2. The Bertz CT molecular complexity index is 684. The molecular weight excluding hydrogens is 316 g/mol. The summed E-state index contributed by atoms with van der Waals surface area (Å²) in [5, 5.41) is 5.92. The zero-order valence-corrected chi connectivity index (χ0v) is 14.5. The molecule has 0 fully saturated rings. The Morgan fingerprint density at radius 3 is 2.60 bits per heavy atom. The molecule has 0 aliphatic rings. The first-order chi connectivity index (χ1) is 12.2. The molecule has 132 valence electrons. The number of benzene rings is 2. The maximum absolute atomic E-state index is 12.1. The molecule has 0 unspecified atom stereocenters. The van der Waals surface area contributed by atoms with Gasteiger partial charge in [0.05, 0.1) is 13.2 Å². The second-order valence-electron chi connectivity index (χ2n) is 5.40. The summed E-state index contributed by atoms with van der Waals surface area (Å²) in [6.45, 7) is 6.97. The van der Waals surface area contributed by atoms with Crippen LogP contribution >= 0.6 is 0 Å². The SMILES string of the molecule is C=CCOc1cccc(NC(=O)CNc2ccc(OCCC)cc2)c1. The van der Waals surface area contributed by atoms with E-state index < -0.39 is 0 Å². The van der Waals surface area contributed by atoms with Crippen LogP contribution in [0.1, 0.15) is 13.3 Å². The smallest absolute Gasteiger partial charge is 0.243 e. The molecule has 0 atom stereocenters. The summed E-state index contributed by atoms with van der Waals surface area (Å²) in [6, 6.07) is 14.8. The number of anilines is 2. The second-order valence-corrected chi connectivity index (χ2v) is 5.40. The van der Waals surface area contributed by atoms with Gasteiger partial charge in [0.15, 0.2) is 0 Å². The van der Waals surface area contributed by atoms with Gasteiger partial charge in [0.2, 0.25) is 5.91 Å². The summed E-state index contributed by atoms with van der Waals surface area (Å²) >= 11 is 0. The van der Waals surface area contributed by atoms with Gasteiger partial charge in [-0.15, -0.1) is 0 Å². The van der Waals surface area contributed by atoms with Crippen molar-refractivity contribution < 1.29 is 14.3 Å². The summed E-state index contributed by atoms with van der Waals surface area (Å²) in [5.74, 6) is 1.38. The van der Waals surface area contributed by atoms with Gasteiger partial charge in [0.25, 0.3) is 0 Å². The van der Waals surface area contributed by atoms with Crippen molar-refractivity contribution in [2.75, 3.05) is 30.4 Å². The zero-order valence-electron chi connectivity index (χ0n) is 14.5. The number of ether oxygens (including phenoxy) is 2. The largest absolute Gasteiger partial charge is 0.494 e. The minimum atomic E-state index is -0.132. The summed E-state index contributed by atoms with van der Waals surface area (Å²) < 4.78 is 11.0. The van der Waals surface area contributed by atoms with Crippen LogP contribution in [0.5, 0.6) is 11.5 Å². The third kappa shape index (κ3) is 6.59. The van der Waals surface area contributed by atoms with Crippen molar-refractivity contribution >= 4 is 17.3 Å². The molecular formula is C20H24N2O3. The van der Waals surface area contributed by atoms with Crippen LogP contribution in [-0.4, -0.2) is 25.7 Å². The minimum Gasteiger partial charge on any atom is -0.494 e. The van der Waals surface area contributed by atoms with Crippen molar-refractivity contribution in [3.05, 3.63) is 61.2 Å². The first-order valence-electron chi connectivity index (χ1n) is 8.31. The van der Waals surface area contributed by atoms with E-state index in [1.54, 1.807) is 12.1 Å². The van der Waals surface area contributed by atoms with Crippen molar-refractivity contribution in [3.63, 3.8) is 0 Å². The molecule has 5 heteroatoms. The van der Waals surface area contributed by atoms with E-state index in [2.05, 4.69) is 24.1 Å². The van der Waals surface area contributed by atoms with Crippen LogP contribution in [0.4, 0.5) is 11.4 Å². The Morgan fingerprint density at radius 2 is 1.88 bits per heavy atom. The van der Waals surface area contributed by atoms with Crippen molar-refractivity contribution in [2.45, 2.75) is 13.3 Å². The molecule has 0 bridgehead atoms. The fraction of sp³-hybridized carbons (Fsp3) is 0.250. The average Bonchev–Trinajstić information content (AvgIpc) is 2.64. The Labute approximate surface area is 148 Å². The van der Waals surface area contributed by atoms with Crippen LogP contribution in [0.15, 0.2) is 61.2 Å². The number of hydrogen-bond donors (Lipinski definition) is 2. The number of carbonyl (C=O) groups excluding carboxylic acids is 1. The number of amides is 1. The number of hydrogen-bond acceptors (Lipinski definition) is 4. The third-order valence-corrected chi connectivity index (χ3v) is 3.27. The van der Waals surface area contributed by atoms with Gasteiger partial charge in [-0.05, 0) is 42.8 Å². The van der Waals surface area contributed by atoms with E-state index in [-0.39, 0.29) is 12.5 Å². The molecule has 1 amide bonds. The lowest BCUT2D eigenvalue weighted by Gasteiger charge is -2.10. The van der Waals surface area contributed by atoms with Gasteiger partial charge in [-0.3, -0.25) is 4.79 Å². The highest BCUT2D eigenvalue weighted by Gasteiger charge is 2.04. The van der Waals surface area contributed by atoms with Crippen molar-refractivity contribution in [2.24, 2.45) is 0 Å². The monoisotopic (exact) mass is 340 g/mol. The summed E-state index contributed by atoms with van der Waals surface area (Å²) in [5.41, 5.74) is 1.55. The fourth-order valence-electron chi connectivity index (χ4n) is 2.10. The fourth-order valence-corrected chi connectivity index (χ4v) is 2.10. The Hall–Kier alpha value is -2.95. The van der Waals surface area contributed by atoms with E-state index in [1.807, 2.05) is 42.5 Å². The van der Waals surface area contributed by atoms with Gasteiger partial charge >= 0.3 is 0 Å².